The Bertz CT molecular complexity index is 722. The summed E-state index contributed by atoms with van der Waals surface area (Å²) >= 11 is 0. The van der Waals surface area contributed by atoms with E-state index in [1.165, 1.54) is 6.08 Å². The molecule has 1 aromatic heterocycles. The Kier molecular flexibility index (Phi) is 5.68. The molecule has 3 rings (SSSR count). The number of amides is 1. The second-order valence-electron chi connectivity index (χ2n) is 6.20. The molecule has 2 aromatic rings. The zero-order valence-electron chi connectivity index (χ0n) is 14.3. The molecule has 132 valence electrons. The highest BCUT2D eigenvalue weighted by Crippen LogP contribution is 2.23. The molecule has 25 heavy (non-hydrogen) atoms. The first kappa shape index (κ1) is 17.5. The molecule has 2 heterocycles. The van der Waals surface area contributed by atoms with Gasteiger partial charge in [0.15, 0.2) is 0 Å². The van der Waals surface area contributed by atoms with Crippen LogP contribution >= 0.6 is 0 Å². The van der Waals surface area contributed by atoms with Crippen LogP contribution < -0.4 is 0 Å². The minimum absolute atomic E-state index is 0.0948. The fourth-order valence-corrected chi connectivity index (χ4v) is 3.00. The van der Waals surface area contributed by atoms with Gasteiger partial charge in [0.05, 0.1) is 25.4 Å². The summed E-state index contributed by atoms with van der Waals surface area (Å²) in [6.45, 7) is 3.33. The van der Waals surface area contributed by atoms with Gasteiger partial charge in [-0.2, -0.15) is 0 Å². The lowest BCUT2D eigenvalue weighted by Gasteiger charge is -2.36. The molecule has 0 aliphatic carbocycles. The summed E-state index contributed by atoms with van der Waals surface area (Å²) in [4.78, 5) is 14.3. The van der Waals surface area contributed by atoms with Gasteiger partial charge in [-0.1, -0.05) is 30.3 Å². The normalized spacial score (nSPS) is 19.3. The summed E-state index contributed by atoms with van der Waals surface area (Å²) in [5, 5.41) is 10.5. The van der Waals surface area contributed by atoms with Crippen molar-refractivity contribution in [3.8, 4) is 0 Å². The SMILES string of the molecule is Cc1ccc(/C=C/C(=O)N2CCOCC2CC(O)c2ccccc2)o1. The van der Waals surface area contributed by atoms with E-state index in [0.717, 1.165) is 11.3 Å². The Morgan fingerprint density at radius 3 is 2.84 bits per heavy atom. The maximum Gasteiger partial charge on any atom is 0.247 e. The quantitative estimate of drug-likeness (QED) is 0.850. The van der Waals surface area contributed by atoms with Crippen molar-refractivity contribution < 1.29 is 19.1 Å². The summed E-state index contributed by atoms with van der Waals surface area (Å²) in [6.07, 6.45) is 3.02. The van der Waals surface area contributed by atoms with Crippen LogP contribution in [-0.2, 0) is 9.53 Å². The second-order valence-corrected chi connectivity index (χ2v) is 6.20. The molecule has 0 spiro atoms. The molecule has 2 unspecified atom stereocenters. The summed E-state index contributed by atoms with van der Waals surface area (Å²) in [7, 11) is 0. The van der Waals surface area contributed by atoms with Crippen LogP contribution in [0.1, 0.15) is 29.6 Å². The number of morpholine rings is 1. The number of carbonyl (C=O) groups is 1. The summed E-state index contributed by atoms with van der Waals surface area (Å²) in [6, 6.07) is 13.0. The van der Waals surface area contributed by atoms with Gasteiger partial charge in [-0.25, -0.2) is 0 Å². The molecule has 2 atom stereocenters. The maximum absolute atomic E-state index is 12.6. The zero-order valence-corrected chi connectivity index (χ0v) is 14.3. The van der Waals surface area contributed by atoms with Crippen LogP contribution in [0.3, 0.4) is 0 Å². The van der Waals surface area contributed by atoms with Crippen molar-refractivity contribution in [2.75, 3.05) is 19.8 Å². The predicted molar refractivity (Wildman–Crippen MR) is 94.8 cm³/mol. The van der Waals surface area contributed by atoms with Gasteiger partial charge in [0.1, 0.15) is 11.5 Å². The van der Waals surface area contributed by atoms with Gasteiger partial charge in [0, 0.05) is 19.0 Å². The summed E-state index contributed by atoms with van der Waals surface area (Å²) in [5.41, 5.74) is 0.849. The summed E-state index contributed by atoms with van der Waals surface area (Å²) in [5.74, 6) is 1.37. The molecule has 1 aromatic carbocycles. The van der Waals surface area contributed by atoms with Gasteiger partial charge < -0.3 is 19.2 Å². The van der Waals surface area contributed by atoms with E-state index in [2.05, 4.69) is 0 Å². The molecule has 0 saturated carbocycles. The first-order valence-electron chi connectivity index (χ1n) is 8.49. The van der Waals surface area contributed by atoms with Crippen LogP contribution in [0.15, 0.2) is 53.0 Å². The molecule has 1 aliphatic rings. The Labute approximate surface area is 147 Å². The van der Waals surface area contributed by atoms with Crippen molar-refractivity contribution in [2.45, 2.75) is 25.5 Å². The first-order valence-corrected chi connectivity index (χ1v) is 8.49. The van der Waals surface area contributed by atoms with E-state index in [1.807, 2.05) is 49.4 Å². The molecule has 1 amide bonds. The molecule has 1 N–H and O–H groups in total. The van der Waals surface area contributed by atoms with Crippen molar-refractivity contribution in [1.82, 2.24) is 4.90 Å². The van der Waals surface area contributed by atoms with Crippen molar-refractivity contribution in [1.29, 1.82) is 0 Å². The van der Waals surface area contributed by atoms with Crippen LogP contribution in [0.25, 0.3) is 6.08 Å². The lowest BCUT2D eigenvalue weighted by Crippen LogP contribution is -2.48. The smallest absolute Gasteiger partial charge is 0.247 e. The topological polar surface area (TPSA) is 62.9 Å². The predicted octanol–water partition coefficient (Wildman–Crippen LogP) is 2.95. The number of nitrogens with zero attached hydrogens (tertiary/aromatic N) is 1. The number of hydrogen-bond acceptors (Lipinski definition) is 4. The molecule has 0 bridgehead atoms. The van der Waals surface area contributed by atoms with E-state index < -0.39 is 6.10 Å². The third-order valence-corrected chi connectivity index (χ3v) is 4.34. The fourth-order valence-electron chi connectivity index (χ4n) is 3.00. The highest BCUT2D eigenvalue weighted by molar-refractivity contribution is 5.91. The van der Waals surface area contributed by atoms with Gasteiger partial charge in [0.2, 0.25) is 5.91 Å². The van der Waals surface area contributed by atoms with Crippen LogP contribution in [0, 0.1) is 6.92 Å². The van der Waals surface area contributed by atoms with E-state index in [4.69, 9.17) is 9.15 Å². The van der Waals surface area contributed by atoms with Crippen molar-refractivity contribution in [2.24, 2.45) is 0 Å². The average molecular weight is 341 g/mol. The van der Waals surface area contributed by atoms with Gasteiger partial charge in [0.25, 0.3) is 0 Å². The fraction of sp³-hybridized carbons (Fsp3) is 0.350. The third-order valence-electron chi connectivity index (χ3n) is 4.34. The van der Waals surface area contributed by atoms with E-state index in [-0.39, 0.29) is 11.9 Å². The highest BCUT2D eigenvalue weighted by atomic mass is 16.5. The number of benzene rings is 1. The van der Waals surface area contributed by atoms with Crippen molar-refractivity contribution in [3.05, 3.63) is 65.6 Å². The average Bonchev–Trinajstić information content (AvgIpc) is 3.06. The van der Waals surface area contributed by atoms with Crippen molar-refractivity contribution in [3.63, 3.8) is 0 Å². The molecule has 5 heteroatoms. The molecule has 1 aliphatic heterocycles. The molecular formula is C20H23NO4. The lowest BCUT2D eigenvalue weighted by atomic mass is 10.0. The number of ether oxygens (including phenoxy) is 1. The van der Waals surface area contributed by atoms with Crippen LogP contribution in [0.2, 0.25) is 0 Å². The Hall–Kier alpha value is -2.37. The van der Waals surface area contributed by atoms with Gasteiger partial charge in [-0.3, -0.25) is 4.79 Å². The zero-order chi connectivity index (χ0) is 17.6. The third kappa shape index (κ3) is 4.59. The number of aryl methyl sites for hydroxylation is 1. The second kappa shape index (κ2) is 8.14. The molecule has 1 saturated heterocycles. The minimum atomic E-state index is -0.625. The van der Waals surface area contributed by atoms with Gasteiger partial charge in [-0.05, 0) is 30.7 Å². The highest BCUT2D eigenvalue weighted by Gasteiger charge is 2.28. The van der Waals surface area contributed by atoms with E-state index >= 15 is 0 Å². The Balaban J connectivity index is 1.65. The molecule has 1 fully saturated rings. The number of carbonyl (C=O) groups excluding carboxylic acids is 1. The monoisotopic (exact) mass is 341 g/mol. The Morgan fingerprint density at radius 1 is 1.32 bits per heavy atom. The molecule has 5 nitrogen and oxygen atoms in total. The van der Waals surface area contributed by atoms with E-state index in [0.29, 0.717) is 31.9 Å². The number of rotatable bonds is 5. The van der Waals surface area contributed by atoms with Gasteiger partial charge in [-0.15, -0.1) is 0 Å². The van der Waals surface area contributed by atoms with E-state index in [1.54, 1.807) is 11.0 Å². The lowest BCUT2D eigenvalue weighted by molar-refractivity contribution is -0.135. The number of aliphatic hydroxyl groups is 1. The standard InChI is InChI=1S/C20H23NO4/c1-15-7-8-18(25-15)9-10-20(23)21-11-12-24-14-17(21)13-19(22)16-5-3-2-4-6-16/h2-10,17,19,22H,11-14H2,1H3/b10-9+. The Morgan fingerprint density at radius 2 is 2.12 bits per heavy atom. The molecular weight excluding hydrogens is 318 g/mol. The van der Waals surface area contributed by atoms with Crippen LogP contribution in [0.5, 0.6) is 0 Å². The molecule has 0 radical (unpaired) electrons. The largest absolute Gasteiger partial charge is 0.462 e. The first-order chi connectivity index (χ1) is 12.1. The van der Waals surface area contributed by atoms with Crippen LogP contribution in [0.4, 0.5) is 0 Å². The van der Waals surface area contributed by atoms with E-state index in [9.17, 15) is 9.90 Å². The number of furan rings is 1. The summed E-state index contributed by atoms with van der Waals surface area (Å²) < 4.78 is 11.0. The minimum Gasteiger partial charge on any atom is -0.462 e. The van der Waals surface area contributed by atoms with Gasteiger partial charge >= 0.3 is 0 Å². The van der Waals surface area contributed by atoms with Crippen molar-refractivity contribution >= 4 is 12.0 Å². The van der Waals surface area contributed by atoms with Crippen LogP contribution in [-0.4, -0.2) is 41.7 Å². The number of aliphatic hydroxyl groups excluding tert-OH is 1. The number of hydrogen-bond donors (Lipinski definition) is 1. The maximum atomic E-state index is 12.6.